The summed E-state index contributed by atoms with van der Waals surface area (Å²) in [5.41, 5.74) is 6.73. The lowest BCUT2D eigenvalue weighted by atomic mass is 10.1. The van der Waals surface area contributed by atoms with E-state index in [0.29, 0.717) is 5.39 Å². The first-order chi connectivity index (χ1) is 15.2. The van der Waals surface area contributed by atoms with Crippen LogP contribution in [0.1, 0.15) is 41.8 Å². The zero-order valence-electron chi connectivity index (χ0n) is 18.6. The minimum Gasteiger partial charge on any atom is -0.496 e. The van der Waals surface area contributed by atoms with E-state index in [1.807, 2.05) is 31.2 Å². The van der Waals surface area contributed by atoms with Gasteiger partial charge in [-0.1, -0.05) is 50.1 Å². The van der Waals surface area contributed by atoms with E-state index in [9.17, 15) is 19.5 Å². The highest BCUT2D eigenvalue weighted by atomic mass is 16.5. The van der Waals surface area contributed by atoms with Crippen LogP contribution >= 0.6 is 0 Å². The molecule has 0 atom stereocenters. The maximum Gasteiger partial charge on any atom is 0.323 e. The largest absolute Gasteiger partial charge is 0.496 e. The minimum atomic E-state index is -1.26. The van der Waals surface area contributed by atoms with Crippen LogP contribution < -0.4 is 21.3 Å². The van der Waals surface area contributed by atoms with E-state index in [0.717, 1.165) is 15.7 Å². The highest BCUT2D eigenvalue weighted by molar-refractivity contribution is 5.98. The first-order valence-electron chi connectivity index (χ1n) is 10.1. The Balaban J connectivity index is 0.00000114. The Bertz CT molecular complexity index is 1170. The molecule has 3 rings (SSSR count). The number of hydrogen-bond donors (Lipinski definition) is 3. The lowest BCUT2D eigenvalue weighted by Crippen LogP contribution is -2.34. The second kappa shape index (κ2) is 10.9. The number of nitrogens with zero attached hydrogens (tertiary/aromatic N) is 2. The predicted molar refractivity (Wildman–Crippen MR) is 123 cm³/mol. The van der Waals surface area contributed by atoms with E-state index < -0.39 is 24.0 Å². The van der Waals surface area contributed by atoms with Gasteiger partial charge in [0.25, 0.3) is 11.5 Å². The molecule has 170 valence electrons. The number of methoxy groups -OCH3 is 1. The molecule has 32 heavy (non-hydrogen) atoms. The second-order valence-electron chi connectivity index (χ2n) is 7.21. The van der Waals surface area contributed by atoms with Crippen LogP contribution in [0.15, 0.2) is 41.2 Å². The number of carbonyl (C=O) groups excluding carboxylic acids is 1. The van der Waals surface area contributed by atoms with Crippen LogP contribution in [0.25, 0.3) is 11.0 Å². The molecule has 0 unspecified atom stereocenters. The number of aromatic nitrogens is 2. The lowest BCUT2D eigenvalue weighted by Gasteiger charge is -2.13. The van der Waals surface area contributed by atoms with E-state index in [2.05, 4.69) is 24.1 Å². The molecule has 0 fully saturated rings. The number of amides is 1. The highest BCUT2D eigenvalue weighted by Crippen LogP contribution is 2.26. The number of nitrogens with two attached hydrogens (primary N) is 1. The molecule has 3 aromatic rings. The van der Waals surface area contributed by atoms with E-state index in [4.69, 9.17) is 10.5 Å². The fourth-order valence-electron chi connectivity index (χ4n) is 2.92. The van der Waals surface area contributed by atoms with E-state index in [-0.39, 0.29) is 29.3 Å². The summed E-state index contributed by atoms with van der Waals surface area (Å²) in [5, 5.41) is 12.2. The van der Waals surface area contributed by atoms with Crippen molar-refractivity contribution >= 4 is 28.7 Å². The van der Waals surface area contributed by atoms with Gasteiger partial charge in [0.2, 0.25) is 0 Å². The summed E-state index contributed by atoms with van der Waals surface area (Å²) in [6.07, 6.45) is 1.25. The van der Waals surface area contributed by atoms with Gasteiger partial charge in [-0.15, -0.1) is 0 Å². The number of benzene rings is 1. The Morgan fingerprint density at radius 1 is 1.19 bits per heavy atom. The van der Waals surface area contributed by atoms with E-state index >= 15 is 0 Å². The number of nitrogen functional groups attached to an aromatic ring is 1. The van der Waals surface area contributed by atoms with Gasteiger partial charge in [-0.05, 0) is 18.6 Å². The summed E-state index contributed by atoms with van der Waals surface area (Å²) >= 11 is 0. The fourth-order valence-corrected chi connectivity index (χ4v) is 2.92. The number of pyridine rings is 2. The van der Waals surface area contributed by atoms with Crippen molar-refractivity contribution in [2.45, 2.75) is 40.3 Å². The number of aliphatic carboxylic acids is 1. The molecule has 0 aliphatic rings. The summed E-state index contributed by atoms with van der Waals surface area (Å²) in [5.74, 6) is -1.55. The number of anilines is 1. The molecule has 0 bridgehead atoms. The molecule has 0 aliphatic heterocycles. The van der Waals surface area contributed by atoms with Crippen molar-refractivity contribution in [3.05, 3.63) is 63.4 Å². The van der Waals surface area contributed by atoms with Crippen LogP contribution in [0.2, 0.25) is 0 Å². The standard InChI is InChI=1S/C20H20N4O5.C3H8/c1-11-3-5-12(6-4-11)9-22-19(27)14-7-13-15(29-2)8-16(21)23-18(13)24(20(14)28)10-17(25)26;1-3-2/h3-8H,9-10H2,1-2H3,(H2,21,23)(H,22,27)(H,25,26);3H2,1-2H3. The van der Waals surface area contributed by atoms with E-state index in [1.165, 1.54) is 25.7 Å². The summed E-state index contributed by atoms with van der Waals surface area (Å²) in [6.45, 7) is 5.75. The zero-order chi connectivity index (χ0) is 23.8. The number of aryl methyl sites for hydroxylation is 1. The molecule has 4 N–H and O–H groups in total. The molecule has 9 nitrogen and oxygen atoms in total. The van der Waals surface area contributed by atoms with Gasteiger partial charge < -0.3 is 20.9 Å². The zero-order valence-corrected chi connectivity index (χ0v) is 18.6. The molecule has 2 heterocycles. The van der Waals surface area contributed by atoms with Crippen LogP contribution in [0, 0.1) is 6.92 Å². The number of carboxylic acid groups (broad SMARTS) is 1. The summed E-state index contributed by atoms with van der Waals surface area (Å²) in [6, 6.07) is 10.3. The molecule has 0 saturated carbocycles. The van der Waals surface area contributed by atoms with Crippen molar-refractivity contribution in [1.82, 2.24) is 14.9 Å². The van der Waals surface area contributed by atoms with Gasteiger partial charge in [0.05, 0.1) is 12.5 Å². The summed E-state index contributed by atoms with van der Waals surface area (Å²) in [4.78, 5) is 40.9. The first kappa shape index (κ1) is 24.4. The van der Waals surface area contributed by atoms with Gasteiger partial charge >= 0.3 is 5.97 Å². The smallest absolute Gasteiger partial charge is 0.323 e. The Hall–Kier alpha value is -3.88. The lowest BCUT2D eigenvalue weighted by molar-refractivity contribution is -0.137. The van der Waals surface area contributed by atoms with Crippen LogP contribution in [0.5, 0.6) is 5.75 Å². The number of hydrogen-bond acceptors (Lipinski definition) is 6. The molecule has 0 saturated heterocycles. The number of carboxylic acids is 1. The summed E-state index contributed by atoms with van der Waals surface area (Å²) < 4.78 is 6.17. The van der Waals surface area contributed by atoms with Crippen molar-refractivity contribution in [1.29, 1.82) is 0 Å². The van der Waals surface area contributed by atoms with Gasteiger partial charge in [-0.3, -0.25) is 19.0 Å². The number of fused-ring (bicyclic) bond motifs is 1. The van der Waals surface area contributed by atoms with Gasteiger partial charge in [-0.25, -0.2) is 4.98 Å². The maximum absolute atomic E-state index is 12.8. The highest BCUT2D eigenvalue weighted by Gasteiger charge is 2.20. The van der Waals surface area contributed by atoms with Crippen molar-refractivity contribution in [3.8, 4) is 5.75 Å². The molecule has 0 aliphatic carbocycles. The van der Waals surface area contributed by atoms with Crippen molar-refractivity contribution in [3.63, 3.8) is 0 Å². The van der Waals surface area contributed by atoms with E-state index in [1.54, 1.807) is 0 Å². The quantitative estimate of drug-likeness (QED) is 0.536. The fraction of sp³-hybridized carbons (Fsp3) is 0.304. The van der Waals surface area contributed by atoms with Crippen molar-refractivity contribution in [2.24, 2.45) is 0 Å². The molecule has 0 radical (unpaired) electrons. The van der Waals surface area contributed by atoms with Gasteiger partial charge in [0, 0.05) is 12.6 Å². The third-order valence-electron chi connectivity index (χ3n) is 4.37. The average molecular weight is 441 g/mol. The Morgan fingerprint density at radius 2 is 1.81 bits per heavy atom. The van der Waals surface area contributed by atoms with Gasteiger partial charge in [-0.2, -0.15) is 0 Å². The van der Waals surface area contributed by atoms with Crippen molar-refractivity contribution < 1.29 is 19.4 Å². The number of ether oxygens (including phenoxy) is 1. The normalized spacial score (nSPS) is 10.2. The molecule has 1 aromatic carbocycles. The topological polar surface area (TPSA) is 137 Å². The maximum atomic E-state index is 12.8. The van der Waals surface area contributed by atoms with Crippen LogP contribution in [-0.2, 0) is 17.9 Å². The predicted octanol–water partition coefficient (Wildman–Crippen LogP) is 2.73. The van der Waals surface area contributed by atoms with Crippen LogP contribution in [-0.4, -0.2) is 33.6 Å². The van der Waals surface area contributed by atoms with Gasteiger partial charge in [0.15, 0.2) is 0 Å². The Labute approximate surface area is 185 Å². The average Bonchev–Trinajstić information content (AvgIpc) is 2.75. The number of rotatable bonds is 6. The molecular weight excluding hydrogens is 412 g/mol. The monoisotopic (exact) mass is 440 g/mol. The molecule has 9 heteroatoms. The van der Waals surface area contributed by atoms with Gasteiger partial charge in [0.1, 0.15) is 29.3 Å². The third kappa shape index (κ3) is 5.84. The number of carbonyl (C=O) groups is 2. The second-order valence-corrected chi connectivity index (χ2v) is 7.21. The number of nitrogens with one attached hydrogen (secondary N) is 1. The van der Waals surface area contributed by atoms with Crippen LogP contribution in [0.4, 0.5) is 5.82 Å². The third-order valence-corrected chi connectivity index (χ3v) is 4.37. The Morgan fingerprint density at radius 3 is 2.38 bits per heavy atom. The molecule has 1 amide bonds. The Kier molecular flexibility index (Phi) is 8.34. The minimum absolute atomic E-state index is 0.0318. The van der Waals surface area contributed by atoms with Crippen molar-refractivity contribution in [2.75, 3.05) is 12.8 Å². The molecular formula is C23H28N4O5. The molecule has 0 spiro atoms. The SMILES string of the molecule is CCC.COc1cc(N)nc2c1cc(C(=O)NCc1ccc(C)cc1)c(=O)n2CC(=O)O. The molecule has 2 aromatic heterocycles. The summed E-state index contributed by atoms with van der Waals surface area (Å²) in [7, 11) is 1.40. The van der Waals surface area contributed by atoms with Crippen LogP contribution in [0.3, 0.4) is 0 Å². The first-order valence-corrected chi connectivity index (χ1v) is 10.1.